The molecule has 0 saturated heterocycles. The monoisotopic (exact) mass is 266 g/mol. The molecule has 0 saturated carbocycles. The van der Waals surface area contributed by atoms with E-state index >= 15 is 0 Å². The maximum Gasteiger partial charge on any atom is 0.248 e. The highest BCUT2D eigenvalue weighted by Gasteiger charge is 2.46. The lowest BCUT2D eigenvalue weighted by Crippen LogP contribution is -2.45. The van der Waals surface area contributed by atoms with E-state index in [0.29, 0.717) is 12.0 Å². The highest BCUT2D eigenvalue weighted by Crippen LogP contribution is 2.39. The summed E-state index contributed by atoms with van der Waals surface area (Å²) in [7, 11) is 0. The summed E-state index contributed by atoms with van der Waals surface area (Å²) in [6.45, 7) is 1.90. The zero-order valence-corrected chi connectivity index (χ0v) is 11.1. The van der Waals surface area contributed by atoms with Crippen LogP contribution in [-0.2, 0) is 16.8 Å². The van der Waals surface area contributed by atoms with Gasteiger partial charge in [-0.05, 0) is 43.0 Å². The van der Waals surface area contributed by atoms with Crippen LogP contribution >= 0.6 is 0 Å². The zero-order valence-electron chi connectivity index (χ0n) is 11.1. The number of rotatable bonds is 2. The summed E-state index contributed by atoms with van der Waals surface area (Å²) in [6, 6.07) is 7.44. The Balaban J connectivity index is 2.25. The van der Waals surface area contributed by atoms with E-state index in [-0.39, 0.29) is 5.91 Å². The Hall–Kier alpha value is -2.61. The van der Waals surface area contributed by atoms with Crippen LogP contribution in [-0.4, -0.2) is 15.5 Å². The molecule has 1 aliphatic heterocycles. The molecule has 0 aliphatic carbocycles. The molecule has 1 amide bonds. The summed E-state index contributed by atoms with van der Waals surface area (Å²) in [5.41, 5.74) is 8.17. The third kappa shape index (κ3) is 1.48. The van der Waals surface area contributed by atoms with Gasteiger partial charge < -0.3 is 10.3 Å². The Morgan fingerprint density at radius 2 is 2.35 bits per heavy atom. The van der Waals surface area contributed by atoms with Crippen LogP contribution in [0.3, 0.4) is 0 Å². The Morgan fingerprint density at radius 3 is 3.00 bits per heavy atom. The van der Waals surface area contributed by atoms with Crippen molar-refractivity contribution < 1.29 is 4.79 Å². The lowest BCUT2D eigenvalue weighted by molar-refractivity contribution is -0.124. The van der Waals surface area contributed by atoms with E-state index in [1.807, 2.05) is 17.6 Å². The number of primary amides is 1. The number of hydrogen-bond donors (Lipinski definition) is 1. The van der Waals surface area contributed by atoms with Crippen molar-refractivity contribution in [1.82, 2.24) is 9.55 Å². The molecule has 20 heavy (non-hydrogen) atoms. The number of carbonyl (C=O) groups excluding carboxylic acids is 1. The molecule has 1 atom stereocenters. The molecule has 1 aliphatic rings. The fraction of sp³-hybridized carbons (Fsp3) is 0.267. The second kappa shape index (κ2) is 4.20. The van der Waals surface area contributed by atoms with E-state index in [2.05, 4.69) is 11.1 Å². The number of carbonyl (C=O) groups is 1. The SMILES string of the molecule is Cc1cc(C#N)ccc1C1(C(N)=O)CCc2cncn21. The number of nitrogens with two attached hydrogens (primary N) is 1. The van der Waals surface area contributed by atoms with Gasteiger partial charge in [0.2, 0.25) is 5.91 Å². The number of imidazole rings is 1. The summed E-state index contributed by atoms with van der Waals surface area (Å²) in [5.74, 6) is -0.387. The maximum atomic E-state index is 12.2. The number of nitrogens with zero attached hydrogens (tertiary/aromatic N) is 3. The number of amides is 1. The summed E-state index contributed by atoms with van der Waals surface area (Å²) in [4.78, 5) is 16.3. The summed E-state index contributed by atoms with van der Waals surface area (Å²) < 4.78 is 1.86. The molecule has 0 radical (unpaired) electrons. The van der Waals surface area contributed by atoms with Gasteiger partial charge in [0.15, 0.2) is 0 Å². The van der Waals surface area contributed by atoms with Gasteiger partial charge in [-0.1, -0.05) is 6.07 Å². The average Bonchev–Trinajstić information content (AvgIpc) is 3.00. The first-order valence-electron chi connectivity index (χ1n) is 6.42. The number of fused-ring (bicyclic) bond motifs is 1. The van der Waals surface area contributed by atoms with Crippen LogP contribution in [0.15, 0.2) is 30.7 Å². The van der Waals surface area contributed by atoms with E-state index in [9.17, 15) is 4.79 Å². The van der Waals surface area contributed by atoms with E-state index < -0.39 is 5.54 Å². The van der Waals surface area contributed by atoms with Crippen molar-refractivity contribution in [3.05, 3.63) is 53.1 Å². The minimum absolute atomic E-state index is 0.387. The van der Waals surface area contributed by atoms with E-state index in [0.717, 1.165) is 23.2 Å². The molecule has 2 N–H and O–H groups in total. The van der Waals surface area contributed by atoms with Crippen LogP contribution in [0.5, 0.6) is 0 Å². The van der Waals surface area contributed by atoms with Crippen LogP contribution in [0.4, 0.5) is 0 Å². The van der Waals surface area contributed by atoms with Gasteiger partial charge in [-0.25, -0.2) is 4.98 Å². The smallest absolute Gasteiger partial charge is 0.248 e. The number of hydrogen-bond acceptors (Lipinski definition) is 3. The number of aromatic nitrogens is 2. The van der Waals surface area contributed by atoms with Crippen LogP contribution in [0.25, 0.3) is 0 Å². The molecular weight excluding hydrogens is 252 g/mol. The van der Waals surface area contributed by atoms with Gasteiger partial charge in [0.1, 0.15) is 5.54 Å². The average molecular weight is 266 g/mol. The first-order valence-corrected chi connectivity index (χ1v) is 6.42. The number of nitriles is 1. The predicted octanol–water partition coefficient (Wildman–Crippen LogP) is 1.24. The first-order chi connectivity index (χ1) is 9.59. The third-order valence-electron chi connectivity index (χ3n) is 4.08. The van der Waals surface area contributed by atoms with E-state index in [1.165, 1.54) is 0 Å². The Labute approximate surface area is 116 Å². The molecular formula is C15H14N4O. The van der Waals surface area contributed by atoms with Gasteiger partial charge in [-0.15, -0.1) is 0 Å². The van der Waals surface area contributed by atoms with Crippen LogP contribution in [0.1, 0.15) is 28.8 Å². The molecule has 1 aromatic heterocycles. The van der Waals surface area contributed by atoms with Crippen LogP contribution in [0.2, 0.25) is 0 Å². The topological polar surface area (TPSA) is 84.7 Å². The summed E-state index contributed by atoms with van der Waals surface area (Å²) >= 11 is 0. The first kappa shape index (κ1) is 12.4. The molecule has 5 nitrogen and oxygen atoms in total. The molecule has 3 rings (SSSR count). The van der Waals surface area contributed by atoms with Crippen molar-refractivity contribution in [2.24, 2.45) is 5.73 Å². The lowest BCUT2D eigenvalue weighted by atomic mass is 9.83. The van der Waals surface area contributed by atoms with E-state index in [4.69, 9.17) is 11.0 Å². The van der Waals surface area contributed by atoms with Crippen LogP contribution < -0.4 is 5.73 Å². The van der Waals surface area contributed by atoms with Gasteiger partial charge in [-0.3, -0.25) is 4.79 Å². The van der Waals surface area contributed by atoms with Crippen molar-refractivity contribution in [2.45, 2.75) is 25.3 Å². The predicted molar refractivity (Wildman–Crippen MR) is 72.7 cm³/mol. The lowest BCUT2D eigenvalue weighted by Gasteiger charge is -2.30. The third-order valence-corrected chi connectivity index (χ3v) is 4.08. The van der Waals surface area contributed by atoms with Crippen LogP contribution in [0, 0.1) is 18.3 Å². The standard InChI is InChI=1S/C15H14N4O/c1-10-6-11(7-16)2-3-13(10)15(14(17)20)5-4-12-8-18-9-19(12)15/h2-3,6,8-9H,4-5H2,1H3,(H2,17,20). The van der Waals surface area contributed by atoms with Gasteiger partial charge in [0.05, 0.1) is 18.0 Å². The van der Waals surface area contributed by atoms with Crippen molar-refractivity contribution in [3.8, 4) is 6.07 Å². The highest BCUT2D eigenvalue weighted by atomic mass is 16.1. The van der Waals surface area contributed by atoms with Gasteiger partial charge >= 0.3 is 0 Å². The normalized spacial score (nSPS) is 20.4. The van der Waals surface area contributed by atoms with Crippen molar-refractivity contribution >= 4 is 5.91 Å². The van der Waals surface area contributed by atoms with Crippen molar-refractivity contribution in [1.29, 1.82) is 5.26 Å². The number of benzene rings is 1. The fourth-order valence-corrected chi connectivity index (χ4v) is 3.12. The highest BCUT2D eigenvalue weighted by molar-refractivity contribution is 5.88. The maximum absolute atomic E-state index is 12.2. The van der Waals surface area contributed by atoms with Gasteiger partial charge in [0, 0.05) is 11.9 Å². The minimum atomic E-state index is -0.885. The molecule has 2 heterocycles. The van der Waals surface area contributed by atoms with Crippen molar-refractivity contribution in [2.75, 3.05) is 0 Å². The zero-order chi connectivity index (χ0) is 14.3. The number of aryl methyl sites for hydroxylation is 2. The molecule has 1 aromatic carbocycles. The van der Waals surface area contributed by atoms with E-state index in [1.54, 1.807) is 24.7 Å². The second-order valence-corrected chi connectivity index (χ2v) is 5.12. The molecule has 1 unspecified atom stereocenters. The molecule has 100 valence electrons. The van der Waals surface area contributed by atoms with Gasteiger partial charge in [0.25, 0.3) is 0 Å². The van der Waals surface area contributed by atoms with Crippen molar-refractivity contribution in [3.63, 3.8) is 0 Å². The Bertz CT molecular complexity index is 741. The van der Waals surface area contributed by atoms with Gasteiger partial charge in [-0.2, -0.15) is 5.26 Å². The quantitative estimate of drug-likeness (QED) is 0.887. The summed E-state index contributed by atoms with van der Waals surface area (Å²) in [5, 5.41) is 8.96. The summed E-state index contributed by atoms with van der Waals surface area (Å²) in [6.07, 6.45) is 4.82. The second-order valence-electron chi connectivity index (χ2n) is 5.12. The largest absolute Gasteiger partial charge is 0.367 e. The molecule has 0 spiro atoms. The molecule has 2 aromatic rings. The minimum Gasteiger partial charge on any atom is -0.367 e. The fourth-order valence-electron chi connectivity index (χ4n) is 3.12. The Morgan fingerprint density at radius 1 is 1.55 bits per heavy atom. The Kier molecular flexibility index (Phi) is 2.61. The molecule has 0 fully saturated rings. The molecule has 0 bridgehead atoms. The molecule has 5 heteroatoms.